The zero-order valence-corrected chi connectivity index (χ0v) is 15.0. The molecule has 25 heavy (non-hydrogen) atoms. The van der Waals surface area contributed by atoms with E-state index in [4.69, 9.17) is 16.3 Å². The summed E-state index contributed by atoms with van der Waals surface area (Å²) in [6.45, 7) is 4.65. The number of nitrogens with zero attached hydrogens (tertiary/aromatic N) is 2. The second-order valence-electron chi connectivity index (χ2n) is 6.47. The van der Waals surface area contributed by atoms with Crippen molar-refractivity contribution in [2.75, 3.05) is 20.6 Å². The Kier molecular flexibility index (Phi) is 5.11. The van der Waals surface area contributed by atoms with Gasteiger partial charge >= 0.3 is 0 Å². The van der Waals surface area contributed by atoms with Crippen LogP contribution in [0.3, 0.4) is 0 Å². The lowest BCUT2D eigenvalue weighted by atomic mass is 9.98. The Hall–Kier alpha value is -1.92. The number of aromatic hydroxyl groups is 1. The molecule has 2 heterocycles. The minimum atomic E-state index is -1.03. The van der Waals surface area contributed by atoms with Crippen molar-refractivity contribution in [2.45, 2.75) is 18.8 Å². The summed E-state index contributed by atoms with van der Waals surface area (Å²) < 4.78 is 5.83. The molecule has 1 aliphatic rings. The zero-order chi connectivity index (χ0) is 18.1. The Morgan fingerprint density at radius 3 is 2.72 bits per heavy atom. The third-order valence-electron chi connectivity index (χ3n) is 4.23. The molecule has 0 saturated carbocycles. The van der Waals surface area contributed by atoms with Crippen molar-refractivity contribution in [1.29, 1.82) is 0 Å². The van der Waals surface area contributed by atoms with E-state index in [-0.39, 0.29) is 24.2 Å². The van der Waals surface area contributed by atoms with Gasteiger partial charge in [-0.1, -0.05) is 30.3 Å². The molecule has 0 radical (unpaired) electrons. The molecule has 132 valence electrons. The first kappa shape index (κ1) is 17.9. The van der Waals surface area contributed by atoms with Gasteiger partial charge in [-0.15, -0.1) is 0 Å². The monoisotopic (exact) mass is 360 g/mol. The minimum absolute atomic E-state index is 0.0265. The van der Waals surface area contributed by atoms with E-state index >= 15 is 0 Å². The number of likely N-dealkylation sites (N-methyl/N-ethyl adjacent to an activating group) is 1. The highest BCUT2D eigenvalue weighted by atomic mass is 35.5. The Morgan fingerprint density at radius 1 is 1.40 bits per heavy atom. The fourth-order valence-electron chi connectivity index (χ4n) is 3.00. The minimum Gasteiger partial charge on any atom is -0.506 e. The normalized spacial score (nSPS) is 17.6. The largest absolute Gasteiger partial charge is 0.506 e. The molecule has 2 unspecified atom stereocenters. The van der Waals surface area contributed by atoms with Crippen LogP contribution in [0.2, 0.25) is 5.02 Å². The first-order chi connectivity index (χ1) is 11.9. The molecular formula is C19H21ClN2O3. The highest BCUT2D eigenvalue weighted by Gasteiger charge is 2.31. The topological polar surface area (TPSA) is 65.8 Å². The fraction of sp³-hybridized carbons (Fsp3) is 0.316. The molecule has 1 aliphatic heterocycles. The van der Waals surface area contributed by atoms with Gasteiger partial charge in [0.15, 0.2) is 0 Å². The lowest BCUT2D eigenvalue weighted by Gasteiger charge is -2.19. The molecule has 2 N–H and O–H groups in total. The number of aromatic nitrogens is 1. The number of hydrogen-bond acceptors (Lipinski definition) is 5. The summed E-state index contributed by atoms with van der Waals surface area (Å²) in [5, 5.41) is 21.7. The number of benzene rings is 1. The smallest absolute Gasteiger partial charge is 0.146 e. The van der Waals surface area contributed by atoms with Crippen LogP contribution in [0.4, 0.5) is 0 Å². The van der Waals surface area contributed by atoms with Crippen LogP contribution in [0.15, 0.2) is 42.6 Å². The average Bonchev–Trinajstić information content (AvgIpc) is 2.99. The van der Waals surface area contributed by atoms with E-state index in [1.807, 2.05) is 31.1 Å². The van der Waals surface area contributed by atoms with Gasteiger partial charge in [-0.05, 0) is 37.4 Å². The fourth-order valence-corrected chi connectivity index (χ4v) is 3.13. The number of pyridine rings is 1. The Labute approximate surface area is 152 Å². The number of aliphatic hydroxyl groups excluding tert-OH is 1. The standard InChI is InChI=1S/C19H21ClN2O3/c1-11(9-22(2)3)17(23)16-18(24)15-10-25-19(14(15)8-21-16)12-4-6-13(20)7-5-12/h4-8,17,19,23-24H,1,9-10H2,2-3H3. The van der Waals surface area contributed by atoms with E-state index in [0.29, 0.717) is 22.7 Å². The van der Waals surface area contributed by atoms with E-state index < -0.39 is 6.10 Å². The molecule has 0 spiro atoms. The average molecular weight is 361 g/mol. The molecule has 1 aromatic heterocycles. The third-order valence-corrected chi connectivity index (χ3v) is 4.49. The molecule has 1 aromatic carbocycles. The van der Waals surface area contributed by atoms with Crippen LogP contribution in [-0.2, 0) is 11.3 Å². The van der Waals surface area contributed by atoms with Gasteiger partial charge in [0, 0.05) is 28.9 Å². The predicted molar refractivity (Wildman–Crippen MR) is 96.6 cm³/mol. The molecule has 0 fully saturated rings. The molecule has 0 amide bonds. The summed E-state index contributed by atoms with van der Waals surface area (Å²) in [5.41, 5.74) is 3.18. The first-order valence-corrected chi connectivity index (χ1v) is 8.34. The number of hydrogen-bond donors (Lipinski definition) is 2. The van der Waals surface area contributed by atoms with E-state index in [1.165, 1.54) is 0 Å². The van der Waals surface area contributed by atoms with Gasteiger partial charge in [0.1, 0.15) is 23.7 Å². The van der Waals surface area contributed by atoms with Crippen LogP contribution < -0.4 is 0 Å². The van der Waals surface area contributed by atoms with Crippen molar-refractivity contribution < 1.29 is 14.9 Å². The number of ether oxygens (including phenoxy) is 1. The van der Waals surface area contributed by atoms with Crippen LogP contribution in [0.25, 0.3) is 0 Å². The number of fused-ring (bicyclic) bond motifs is 1. The maximum absolute atomic E-state index is 10.6. The molecule has 3 rings (SSSR count). The van der Waals surface area contributed by atoms with Crippen LogP contribution >= 0.6 is 11.6 Å². The molecule has 5 nitrogen and oxygen atoms in total. The van der Waals surface area contributed by atoms with Gasteiger partial charge in [-0.25, -0.2) is 0 Å². The number of aliphatic hydroxyl groups is 1. The SMILES string of the molecule is C=C(CN(C)C)C(O)c1ncc2c(c1O)COC2c1ccc(Cl)cc1. The van der Waals surface area contributed by atoms with Crippen LogP contribution in [0.5, 0.6) is 5.75 Å². The first-order valence-electron chi connectivity index (χ1n) is 7.96. The van der Waals surface area contributed by atoms with E-state index in [9.17, 15) is 10.2 Å². The Bertz CT molecular complexity index is 790. The molecule has 0 saturated heterocycles. The summed E-state index contributed by atoms with van der Waals surface area (Å²) in [4.78, 5) is 6.18. The van der Waals surface area contributed by atoms with E-state index in [1.54, 1.807) is 18.3 Å². The van der Waals surface area contributed by atoms with Crippen molar-refractivity contribution in [2.24, 2.45) is 0 Å². The predicted octanol–water partition coefficient (Wildman–Crippen LogP) is 3.21. The lowest BCUT2D eigenvalue weighted by Crippen LogP contribution is -2.19. The maximum atomic E-state index is 10.6. The summed E-state index contributed by atoms with van der Waals surface area (Å²) in [5.74, 6) is -0.0265. The highest BCUT2D eigenvalue weighted by Crippen LogP contribution is 2.42. The molecular weight excluding hydrogens is 340 g/mol. The van der Waals surface area contributed by atoms with Crippen LogP contribution in [0, 0.1) is 0 Å². The van der Waals surface area contributed by atoms with Crippen molar-refractivity contribution in [3.05, 3.63) is 70.0 Å². The van der Waals surface area contributed by atoms with Gasteiger partial charge in [0.05, 0.1) is 6.61 Å². The van der Waals surface area contributed by atoms with Crippen LogP contribution in [0.1, 0.15) is 34.6 Å². The summed E-state index contributed by atoms with van der Waals surface area (Å²) in [6, 6.07) is 7.38. The van der Waals surface area contributed by atoms with Crippen molar-refractivity contribution in [3.8, 4) is 5.75 Å². The van der Waals surface area contributed by atoms with E-state index in [2.05, 4.69) is 11.6 Å². The van der Waals surface area contributed by atoms with E-state index in [0.717, 1.165) is 11.1 Å². The number of halogens is 1. The highest BCUT2D eigenvalue weighted by molar-refractivity contribution is 6.30. The third kappa shape index (κ3) is 3.55. The second-order valence-corrected chi connectivity index (χ2v) is 6.90. The summed E-state index contributed by atoms with van der Waals surface area (Å²) >= 11 is 5.93. The Morgan fingerprint density at radius 2 is 2.08 bits per heavy atom. The zero-order valence-electron chi connectivity index (χ0n) is 14.2. The summed E-state index contributed by atoms with van der Waals surface area (Å²) in [6.07, 6.45) is 0.326. The Balaban J connectivity index is 1.91. The van der Waals surface area contributed by atoms with Gasteiger partial charge in [-0.2, -0.15) is 0 Å². The quantitative estimate of drug-likeness (QED) is 0.801. The second kappa shape index (κ2) is 7.14. The van der Waals surface area contributed by atoms with Crippen molar-refractivity contribution >= 4 is 11.6 Å². The lowest BCUT2D eigenvalue weighted by molar-refractivity contribution is 0.0932. The summed E-state index contributed by atoms with van der Waals surface area (Å²) in [7, 11) is 3.77. The van der Waals surface area contributed by atoms with Gasteiger partial charge in [0.25, 0.3) is 0 Å². The molecule has 0 aliphatic carbocycles. The van der Waals surface area contributed by atoms with Crippen LogP contribution in [-0.4, -0.2) is 40.7 Å². The molecule has 2 atom stereocenters. The van der Waals surface area contributed by atoms with Gasteiger partial charge < -0.3 is 19.8 Å². The molecule has 2 aromatic rings. The molecule has 0 bridgehead atoms. The number of rotatable bonds is 5. The van der Waals surface area contributed by atoms with Crippen molar-refractivity contribution in [1.82, 2.24) is 9.88 Å². The van der Waals surface area contributed by atoms with Crippen molar-refractivity contribution in [3.63, 3.8) is 0 Å². The van der Waals surface area contributed by atoms with Gasteiger partial charge in [-0.3, -0.25) is 4.98 Å². The molecule has 6 heteroatoms. The maximum Gasteiger partial charge on any atom is 0.146 e. The van der Waals surface area contributed by atoms with Gasteiger partial charge in [0.2, 0.25) is 0 Å².